The maximum atomic E-state index is 13.7. The largest absolute Gasteiger partial charge is 0.494 e. The molecule has 1 heterocycles. The number of hydrogen-bond donors (Lipinski definition) is 3. The van der Waals surface area contributed by atoms with Gasteiger partial charge in [0.25, 0.3) is 0 Å². The first-order valence-corrected chi connectivity index (χ1v) is 22.9. The molecule has 58 heavy (non-hydrogen) atoms. The maximum Gasteiger partial charge on any atom is 0.229 e. The second-order valence-corrected chi connectivity index (χ2v) is 16.9. The fourth-order valence-electron chi connectivity index (χ4n) is 6.21. The molecule has 3 aromatic carbocycles. The van der Waals surface area contributed by atoms with Gasteiger partial charge in [-0.2, -0.15) is 0 Å². The lowest BCUT2D eigenvalue weighted by Gasteiger charge is -2.21. The molecule has 0 spiro atoms. The van der Waals surface area contributed by atoms with Crippen LogP contribution in [-0.2, 0) is 27.6 Å². The number of anilines is 1. The lowest BCUT2D eigenvalue weighted by molar-refractivity contribution is 0.103. The summed E-state index contributed by atoms with van der Waals surface area (Å²) >= 11 is 0. The molecule has 0 aliphatic heterocycles. The van der Waals surface area contributed by atoms with Gasteiger partial charge < -0.3 is 34.0 Å². The average Bonchev–Trinajstić information content (AvgIpc) is 3.57. The minimum absolute atomic E-state index is 0.148. The Balaban J connectivity index is 0.000000397. The molecule has 0 aliphatic carbocycles. The monoisotopic (exact) mass is 823 g/mol. The van der Waals surface area contributed by atoms with Crippen molar-refractivity contribution in [1.29, 1.82) is 0 Å². The predicted octanol–water partition coefficient (Wildman–Crippen LogP) is 8.66. The Kier molecular flexibility index (Phi) is 21.9. The molecule has 0 amide bonds. The summed E-state index contributed by atoms with van der Waals surface area (Å²) < 4.78 is 48.6. The highest BCUT2D eigenvalue weighted by atomic mass is 32.2. The molecule has 1 aromatic heterocycles. The maximum absolute atomic E-state index is 13.7. The van der Waals surface area contributed by atoms with Gasteiger partial charge in [0, 0.05) is 49.3 Å². The number of fused-ring (bicyclic) bond motifs is 1. The second-order valence-electron chi connectivity index (χ2n) is 15.1. The van der Waals surface area contributed by atoms with E-state index in [1.165, 1.54) is 31.2 Å². The zero-order chi connectivity index (χ0) is 42.3. The standard InChI is InChI=1S/C31H44N2O5S.C15H25NO3/c1-5-8-12-29-30(27-23-25(32-39(4,35)36)15-18-28(27)38-29)31(34)24-13-16-26(17-14-24)37-22-11-21-33(19-9-6-2)20-10-7-3;1-12(2)16-10-14(17)11-19-15-6-4-13(5-7-15)8-9-18-3/h13-18,23,32H,5-12,19-22H2,1-4H3;4-7,12,14,16-17H,8-11H2,1-3H3. The number of benzene rings is 3. The van der Waals surface area contributed by atoms with Crippen LogP contribution in [0.5, 0.6) is 11.5 Å². The zero-order valence-corrected chi connectivity index (χ0v) is 36.8. The number of aryl methyl sites for hydroxylation is 1. The van der Waals surface area contributed by atoms with E-state index in [0.29, 0.717) is 65.8 Å². The van der Waals surface area contributed by atoms with Gasteiger partial charge in [0.05, 0.1) is 25.0 Å². The number of sulfonamides is 1. The molecule has 0 fully saturated rings. The number of methoxy groups -OCH3 is 1. The summed E-state index contributed by atoms with van der Waals surface area (Å²) in [4.78, 5) is 16.2. The van der Waals surface area contributed by atoms with Crippen LogP contribution < -0.4 is 19.5 Å². The van der Waals surface area contributed by atoms with Crippen LogP contribution in [0, 0.1) is 0 Å². The average molecular weight is 824 g/mol. The van der Waals surface area contributed by atoms with E-state index >= 15 is 0 Å². The van der Waals surface area contributed by atoms with Crippen molar-refractivity contribution in [2.24, 2.45) is 0 Å². The molecule has 3 N–H and O–H groups in total. The Hall–Kier alpha value is -3.94. The van der Waals surface area contributed by atoms with E-state index in [-0.39, 0.29) is 5.78 Å². The van der Waals surface area contributed by atoms with Crippen LogP contribution in [-0.4, -0.2) is 95.7 Å². The van der Waals surface area contributed by atoms with Crippen molar-refractivity contribution in [3.05, 3.63) is 89.2 Å². The number of carbonyl (C=O) groups is 1. The lowest BCUT2D eigenvalue weighted by atomic mass is 9.98. The number of ketones is 1. The van der Waals surface area contributed by atoms with Crippen LogP contribution in [0.4, 0.5) is 5.69 Å². The molecule has 1 unspecified atom stereocenters. The van der Waals surface area contributed by atoms with Gasteiger partial charge in [-0.3, -0.25) is 9.52 Å². The number of nitrogens with one attached hydrogen (secondary N) is 2. The number of nitrogens with zero attached hydrogens (tertiary/aromatic N) is 1. The molecule has 322 valence electrons. The number of ether oxygens (including phenoxy) is 3. The van der Waals surface area contributed by atoms with E-state index in [2.05, 4.69) is 35.7 Å². The highest BCUT2D eigenvalue weighted by Crippen LogP contribution is 2.32. The number of aliphatic hydroxyl groups excluding tert-OH is 1. The van der Waals surface area contributed by atoms with E-state index in [4.69, 9.17) is 18.6 Å². The summed E-state index contributed by atoms with van der Waals surface area (Å²) in [5, 5.41) is 13.5. The minimum Gasteiger partial charge on any atom is -0.494 e. The van der Waals surface area contributed by atoms with Crippen molar-refractivity contribution in [2.45, 2.75) is 105 Å². The number of hydrogen-bond acceptors (Lipinski definition) is 10. The Morgan fingerprint density at radius 1 is 0.810 bits per heavy atom. The normalized spacial score (nSPS) is 12.1. The first kappa shape index (κ1) is 48.4. The first-order chi connectivity index (χ1) is 27.9. The molecule has 4 aromatic rings. The van der Waals surface area contributed by atoms with E-state index < -0.39 is 16.1 Å². The number of carbonyl (C=O) groups excluding carboxylic acids is 1. The van der Waals surface area contributed by atoms with Crippen molar-refractivity contribution in [3.8, 4) is 11.5 Å². The molecule has 0 saturated carbocycles. The van der Waals surface area contributed by atoms with Gasteiger partial charge in [0.15, 0.2) is 5.78 Å². The molecule has 0 bridgehead atoms. The van der Waals surface area contributed by atoms with Crippen LogP contribution in [0.2, 0.25) is 0 Å². The number of rotatable bonds is 27. The van der Waals surface area contributed by atoms with Crippen LogP contribution in [0.25, 0.3) is 11.0 Å². The van der Waals surface area contributed by atoms with Crippen molar-refractivity contribution in [1.82, 2.24) is 10.2 Å². The van der Waals surface area contributed by atoms with E-state index in [0.717, 1.165) is 69.7 Å². The van der Waals surface area contributed by atoms with Gasteiger partial charge in [0.1, 0.15) is 35.6 Å². The summed E-state index contributed by atoms with van der Waals surface area (Å²) in [7, 11) is -1.75. The molecule has 4 rings (SSSR count). The first-order valence-electron chi connectivity index (χ1n) is 21.0. The quantitative estimate of drug-likeness (QED) is 0.0396. The minimum atomic E-state index is -3.45. The number of furan rings is 1. The van der Waals surface area contributed by atoms with Gasteiger partial charge in [0.2, 0.25) is 10.0 Å². The summed E-state index contributed by atoms with van der Waals surface area (Å²) in [5.41, 5.74) is 3.21. The Bertz CT molecular complexity index is 1850. The van der Waals surface area contributed by atoms with E-state index in [9.17, 15) is 18.3 Å². The van der Waals surface area contributed by atoms with Gasteiger partial charge in [-0.25, -0.2) is 8.42 Å². The fourth-order valence-corrected chi connectivity index (χ4v) is 6.76. The third-order valence-corrected chi connectivity index (χ3v) is 10.0. The molecule has 0 radical (unpaired) electrons. The van der Waals surface area contributed by atoms with Crippen LogP contribution in [0.1, 0.15) is 107 Å². The summed E-state index contributed by atoms with van der Waals surface area (Å²) in [5.74, 6) is 2.00. The topological polar surface area (TPSA) is 140 Å². The fraction of sp³-hybridized carbons (Fsp3) is 0.543. The van der Waals surface area contributed by atoms with Gasteiger partial charge >= 0.3 is 0 Å². The molecule has 12 heteroatoms. The van der Waals surface area contributed by atoms with Crippen LogP contribution >= 0.6 is 0 Å². The van der Waals surface area contributed by atoms with Crippen molar-refractivity contribution in [3.63, 3.8) is 0 Å². The third kappa shape index (κ3) is 17.9. The SMILES string of the molecule is CCCCc1oc2ccc(NS(C)(=O)=O)cc2c1C(=O)c1ccc(OCCCN(CCCC)CCCC)cc1.COCCc1ccc(OCC(O)CNC(C)C)cc1. The Labute approximate surface area is 347 Å². The highest BCUT2D eigenvalue weighted by Gasteiger charge is 2.23. The smallest absolute Gasteiger partial charge is 0.229 e. The third-order valence-electron chi connectivity index (χ3n) is 9.43. The second kappa shape index (κ2) is 26.2. The van der Waals surface area contributed by atoms with Gasteiger partial charge in [-0.05, 0) is 105 Å². The van der Waals surface area contributed by atoms with Gasteiger partial charge in [-0.15, -0.1) is 0 Å². The van der Waals surface area contributed by atoms with E-state index in [1.807, 2.05) is 50.2 Å². The summed E-state index contributed by atoms with van der Waals surface area (Å²) in [6, 6.07) is 20.5. The molecule has 11 nitrogen and oxygen atoms in total. The molecule has 0 saturated heterocycles. The van der Waals surface area contributed by atoms with Crippen molar-refractivity contribution in [2.75, 3.05) is 64.1 Å². The summed E-state index contributed by atoms with van der Waals surface area (Å²) in [6.45, 7) is 16.1. The number of aliphatic hydroxyl groups is 1. The highest BCUT2D eigenvalue weighted by molar-refractivity contribution is 7.92. The van der Waals surface area contributed by atoms with Crippen molar-refractivity contribution >= 4 is 32.5 Å². The van der Waals surface area contributed by atoms with Gasteiger partial charge in [-0.1, -0.05) is 66.0 Å². The Morgan fingerprint density at radius 3 is 2.03 bits per heavy atom. The molecular formula is C46H69N3O8S. The Morgan fingerprint density at radius 2 is 1.43 bits per heavy atom. The van der Waals surface area contributed by atoms with Crippen molar-refractivity contribution < 1.29 is 36.9 Å². The molecule has 1 atom stereocenters. The predicted molar refractivity (Wildman–Crippen MR) is 236 cm³/mol. The summed E-state index contributed by atoms with van der Waals surface area (Å²) in [6.07, 6.45) is 9.81. The lowest BCUT2D eigenvalue weighted by Crippen LogP contribution is -2.35. The zero-order valence-electron chi connectivity index (χ0n) is 36.0. The van der Waals surface area contributed by atoms with Crippen LogP contribution in [0.15, 0.2) is 71.1 Å². The van der Waals surface area contributed by atoms with E-state index in [1.54, 1.807) is 37.4 Å². The molecule has 0 aliphatic rings. The van der Waals surface area contributed by atoms with Crippen LogP contribution in [0.3, 0.4) is 0 Å². The number of unbranched alkanes of at least 4 members (excludes halogenated alkanes) is 3. The molecular weight excluding hydrogens is 755 g/mol.